The van der Waals surface area contributed by atoms with Crippen molar-refractivity contribution < 1.29 is 22.7 Å². The number of sulfonamides is 1. The Bertz CT molecular complexity index is 943. The first kappa shape index (κ1) is 19.0. The molecule has 0 radical (unpaired) electrons. The molecule has 2 aromatic rings. The zero-order valence-corrected chi connectivity index (χ0v) is 16.1. The van der Waals surface area contributed by atoms with E-state index < -0.39 is 10.0 Å². The molecular weight excluding hydrogens is 368 g/mol. The molecule has 1 aliphatic rings. The predicted molar refractivity (Wildman–Crippen MR) is 104 cm³/mol. The van der Waals surface area contributed by atoms with Crippen LogP contribution in [0.4, 0.5) is 11.4 Å². The molecule has 0 saturated carbocycles. The quantitative estimate of drug-likeness (QED) is 0.819. The van der Waals surface area contributed by atoms with E-state index >= 15 is 0 Å². The SMILES string of the molecule is COc1cccc(OCC(=O)Nc2ccc3c(c2)N(S(C)(=O)=O)CCC3)c1. The summed E-state index contributed by atoms with van der Waals surface area (Å²) in [5, 5.41) is 2.75. The topological polar surface area (TPSA) is 84.9 Å². The van der Waals surface area contributed by atoms with Crippen LogP contribution in [-0.2, 0) is 21.2 Å². The number of hydrogen-bond donors (Lipinski definition) is 1. The third-order valence-corrected chi connectivity index (χ3v) is 5.44. The number of rotatable bonds is 6. The van der Waals surface area contributed by atoms with Crippen LogP contribution in [-0.4, -0.2) is 40.8 Å². The fourth-order valence-corrected chi connectivity index (χ4v) is 3.99. The second-order valence-electron chi connectivity index (χ2n) is 6.30. The van der Waals surface area contributed by atoms with Gasteiger partial charge in [-0.25, -0.2) is 8.42 Å². The van der Waals surface area contributed by atoms with Crippen molar-refractivity contribution in [2.24, 2.45) is 0 Å². The number of ether oxygens (including phenoxy) is 2. The molecule has 0 spiro atoms. The predicted octanol–water partition coefficient (Wildman–Crippen LogP) is 2.42. The highest BCUT2D eigenvalue weighted by molar-refractivity contribution is 7.92. The molecule has 7 nitrogen and oxygen atoms in total. The first-order chi connectivity index (χ1) is 12.9. The molecule has 0 aliphatic carbocycles. The van der Waals surface area contributed by atoms with Gasteiger partial charge in [0.15, 0.2) is 6.61 Å². The minimum Gasteiger partial charge on any atom is -0.497 e. The first-order valence-electron chi connectivity index (χ1n) is 8.54. The van der Waals surface area contributed by atoms with Crippen molar-refractivity contribution in [2.75, 3.05) is 36.1 Å². The molecule has 2 aromatic carbocycles. The largest absolute Gasteiger partial charge is 0.497 e. The number of carbonyl (C=O) groups is 1. The van der Waals surface area contributed by atoms with Gasteiger partial charge in [0.05, 0.1) is 19.1 Å². The Morgan fingerprint density at radius 3 is 2.70 bits per heavy atom. The van der Waals surface area contributed by atoms with Crippen LogP contribution in [0.3, 0.4) is 0 Å². The number of carbonyl (C=O) groups excluding carboxylic acids is 1. The lowest BCUT2D eigenvalue weighted by atomic mass is 10.0. The van der Waals surface area contributed by atoms with Crippen LogP contribution in [0, 0.1) is 0 Å². The van der Waals surface area contributed by atoms with Crippen molar-refractivity contribution in [1.29, 1.82) is 0 Å². The fourth-order valence-electron chi connectivity index (χ4n) is 3.00. The molecule has 0 saturated heterocycles. The smallest absolute Gasteiger partial charge is 0.262 e. The summed E-state index contributed by atoms with van der Waals surface area (Å²) in [6.07, 6.45) is 2.78. The Labute approximate surface area is 158 Å². The minimum absolute atomic E-state index is 0.167. The van der Waals surface area contributed by atoms with Crippen LogP contribution in [0.1, 0.15) is 12.0 Å². The highest BCUT2D eigenvalue weighted by atomic mass is 32.2. The van der Waals surface area contributed by atoms with E-state index in [-0.39, 0.29) is 12.5 Å². The summed E-state index contributed by atoms with van der Waals surface area (Å²) >= 11 is 0. The monoisotopic (exact) mass is 390 g/mol. The number of methoxy groups -OCH3 is 1. The number of anilines is 2. The van der Waals surface area contributed by atoms with Crippen molar-refractivity contribution in [3.8, 4) is 11.5 Å². The molecule has 1 N–H and O–H groups in total. The van der Waals surface area contributed by atoms with Gasteiger partial charge < -0.3 is 14.8 Å². The summed E-state index contributed by atoms with van der Waals surface area (Å²) in [6.45, 7) is 0.280. The van der Waals surface area contributed by atoms with E-state index in [4.69, 9.17) is 9.47 Å². The molecule has 3 rings (SSSR count). The molecule has 1 amide bonds. The Balaban J connectivity index is 1.68. The first-order valence-corrected chi connectivity index (χ1v) is 10.4. The van der Waals surface area contributed by atoms with Crippen LogP contribution in [0.15, 0.2) is 42.5 Å². The summed E-state index contributed by atoms with van der Waals surface area (Å²) < 4.78 is 36.0. The van der Waals surface area contributed by atoms with E-state index in [0.717, 1.165) is 18.4 Å². The van der Waals surface area contributed by atoms with E-state index in [1.54, 1.807) is 43.5 Å². The number of hydrogen-bond acceptors (Lipinski definition) is 5. The third kappa shape index (κ3) is 4.71. The van der Waals surface area contributed by atoms with Crippen molar-refractivity contribution in [3.63, 3.8) is 0 Å². The second-order valence-corrected chi connectivity index (χ2v) is 8.20. The lowest BCUT2D eigenvalue weighted by molar-refractivity contribution is -0.118. The maximum absolute atomic E-state index is 12.2. The highest BCUT2D eigenvalue weighted by Gasteiger charge is 2.24. The molecule has 144 valence electrons. The Hall–Kier alpha value is -2.74. The summed E-state index contributed by atoms with van der Waals surface area (Å²) in [5.41, 5.74) is 2.11. The van der Waals surface area contributed by atoms with Crippen molar-refractivity contribution in [3.05, 3.63) is 48.0 Å². The summed E-state index contributed by atoms with van der Waals surface area (Å²) in [6, 6.07) is 12.3. The Morgan fingerprint density at radius 2 is 1.96 bits per heavy atom. The summed E-state index contributed by atoms with van der Waals surface area (Å²) in [5.74, 6) is 0.834. The van der Waals surface area contributed by atoms with Crippen LogP contribution in [0.2, 0.25) is 0 Å². The minimum atomic E-state index is -3.35. The average molecular weight is 390 g/mol. The molecule has 0 fully saturated rings. The maximum Gasteiger partial charge on any atom is 0.262 e. The third-order valence-electron chi connectivity index (χ3n) is 4.26. The fraction of sp³-hybridized carbons (Fsp3) is 0.316. The van der Waals surface area contributed by atoms with E-state index in [1.807, 2.05) is 6.07 Å². The van der Waals surface area contributed by atoms with Crippen molar-refractivity contribution >= 4 is 27.3 Å². The van der Waals surface area contributed by atoms with Crippen molar-refractivity contribution in [2.45, 2.75) is 12.8 Å². The number of aryl methyl sites for hydroxylation is 1. The number of nitrogens with one attached hydrogen (secondary N) is 1. The van der Waals surface area contributed by atoms with Gasteiger partial charge in [-0.05, 0) is 42.7 Å². The van der Waals surface area contributed by atoms with E-state index in [1.165, 1.54) is 10.6 Å². The van der Waals surface area contributed by atoms with Gasteiger partial charge in [-0.1, -0.05) is 12.1 Å². The normalized spacial score (nSPS) is 13.6. The highest BCUT2D eigenvalue weighted by Crippen LogP contribution is 2.31. The standard InChI is InChI=1S/C19H22N2O5S/c1-25-16-6-3-7-17(12-16)26-13-19(22)20-15-9-8-14-5-4-10-21(18(14)11-15)27(2,23)24/h3,6-9,11-12H,4-5,10,13H2,1-2H3,(H,20,22). The van der Waals surface area contributed by atoms with Gasteiger partial charge in [-0.2, -0.15) is 0 Å². The van der Waals surface area contributed by atoms with E-state index in [0.29, 0.717) is 29.4 Å². The number of amides is 1. The van der Waals surface area contributed by atoms with Gasteiger partial charge in [0, 0.05) is 18.3 Å². The zero-order valence-electron chi connectivity index (χ0n) is 15.3. The van der Waals surface area contributed by atoms with Crippen LogP contribution < -0.4 is 19.1 Å². The van der Waals surface area contributed by atoms with Gasteiger partial charge in [0.25, 0.3) is 5.91 Å². The molecular formula is C19H22N2O5S. The molecule has 1 heterocycles. The van der Waals surface area contributed by atoms with Gasteiger partial charge in [-0.3, -0.25) is 9.10 Å². The number of fused-ring (bicyclic) bond motifs is 1. The molecule has 27 heavy (non-hydrogen) atoms. The second kappa shape index (κ2) is 7.87. The lowest BCUT2D eigenvalue weighted by Crippen LogP contribution is -2.34. The summed E-state index contributed by atoms with van der Waals surface area (Å²) in [4.78, 5) is 12.2. The maximum atomic E-state index is 12.2. The summed E-state index contributed by atoms with van der Waals surface area (Å²) in [7, 11) is -1.80. The Kier molecular flexibility index (Phi) is 5.55. The molecule has 0 atom stereocenters. The van der Waals surface area contributed by atoms with Crippen LogP contribution >= 0.6 is 0 Å². The van der Waals surface area contributed by atoms with Gasteiger partial charge in [-0.15, -0.1) is 0 Å². The number of nitrogens with zero attached hydrogens (tertiary/aromatic N) is 1. The number of benzene rings is 2. The Morgan fingerprint density at radius 1 is 1.19 bits per heavy atom. The zero-order chi connectivity index (χ0) is 19.4. The molecule has 0 aromatic heterocycles. The van der Waals surface area contributed by atoms with Crippen LogP contribution in [0.5, 0.6) is 11.5 Å². The van der Waals surface area contributed by atoms with Gasteiger partial charge in [0.1, 0.15) is 11.5 Å². The molecule has 0 unspecified atom stereocenters. The molecule has 1 aliphatic heterocycles. The van der Waals surface area contributed by atoms with Gasteiger partial charge >= 0.3 is 0 Å². The van der Waals surface area contributed by atoms with E-state index in [2.05, 4.69) is 5.32 Å². The van der Waals surface area contributed by atoms with Crippen molar-refractivity contribution in [1.82, 2.24) is 0 Å². The average Bonchev–Trinajstić information content (AvgIpc) is 2.65. The van der Waals surface area contributed by atoms with E-state index in [9.17, 15) is 13.2 Å². The lowest BCUT2D eigenvalue weighted by Gasteiger charge is -2.29. The molecule has 0 bridgehead atoms. The van der Waals surface area contributed by atoms with Crippen LogP contribution in [0.25, 0.3) is 0 Å². The van der Waals surface area contributed by atoms with Gasteiger partial charge in [0.2, 0.25) is 10.0 Å². The molecule has 8 heteroatoms.